The van der Waals surface area contributed by atoms with E-state index >= 15 is 0 Å². The maximum Gasteiger partial charge on any atom is 0.240 e. The molecule has 6 nitrogen and oxygen atoms in total. The molecule has 21 heavy (non-hydrogen) atoms. The Balaban J connectivity index is 2.89. The van der Waals surface area contributed by atoms with Crippen LogP contribution < -0.4 is 15.8 Å². The molecule has 0 unspecified atom stereocenters. The summed E-state index contributed by atoms with van der Waals surface area (Å²) in [6.45, 7) is 5.51. The van der Waals surface area contributed by atoms with E-state index in [4.69, 9.17) is 5.73 Å². The van der Waals surface area contributed by atoms with Gasteiger partial charge in [-0.1, -0.05) is 6.07 Å². The Kier molecular flexibility index (Phi) is 5.49. The Hall–Kier alpha value is -1.44. The lowest BCUT2D eigenvalue weighted by Crippen LogP contribution is -2.33. The van der Waals surface area contributed by atoms with Crippen molar-refractivity contribution in [3.05, 3.63) is 23.8 Å². The summed E-state index contributed by atoms with van der Waals surface area (Å²) in [5.41, 5.74) is 6.71. The summed E-state index contributed by atoms with van der Waals surface area (Å²) in [7, 11) is -2.19. The van der Waals surface area contributed by atoms with Gasteiger partial charge in [0.2, 0.25) is 15.9 Å². The SMILES string of the molecule is CNS(=O)(=O)c1ccc(C)c(NC(=O)CCC(C)(C)N)c1. The van der Waals surface area contributed by atoms with Gasteiger partial charge in [-0.3, -0.25) is 4.79 Å². The molecule has 1 amide bonds. The Labute approximate surface area is 126 Å². The van der Waals surface area contributed by atoms with Crippen LogP contribution in [0.25, 0.3) is 0 Å². The Bertz CT molecular complexity index is 619. The van der Waals surface area contributed by atoms with Gasteiger partial charge in [-0.15, -0.1) is 0 Å². The second-order valence-electron chi connectivity index (χ2n) is 5.72. The molecule has 0 aliphatic carbocycles. The number of benzene rings is 1. The third-order valence-corrected chi connectivity index (χ3v) is 4.47. The van der Waals surface area contributed by atoms with Gasteiger partial charge >= 0.3 is 0 Å². The number of amides is 1. The number of carbonyl (C=O) groups excluding carboxylic acids is 1. The molecular weight excluding hydrogens is 290 g/mol. The minimum absolute atomic E-state index is 0.116. The molecular formula is C14H23N3O3S. The highest BCUT2D eigenvalue weighted by molar-refractivity contribution is 7.89. The quantitative estimate of drug-likeness (QED) is 0.738. The largest absolute Gasteiger partial charge is 0.326 e. The van der Waals surface area contributed by atoms with Crippen molar-refractivity contribution in [1.82, 2.24) is 4.72 Å². The zero-order valence-corrected chi connectivity index (χ0v) is 13.7. The number of sulfonamides is 1. The van der Waals surface area contributed by atoms with Gasteiger partial charge in [0, 0.05) is 17.6 Å². The van der Waals surface area contributed by atoms with Crippen molar-refractivity contribution in [3.8, 4) is 0 Å². The summed E-state index contributed by atoms with van der Waals surface area (Å²) in [5.74, 6) is -0.185. The molecule has 0 heterocycles. The second-order valence-corrected chi connectivity index (χ2v) is 7.61. The molecule has 118 valence electrons. The zero-order chi connectivity index (χ0) is 16.3. The van der Waals surface area contributed by atoms with Crippen LogP contribution in [0.15, 0.2) is 23.1 Å². The Morgan fingerprint density at radius 3 is 2.48 bits per heavy atom. The van der Waals surface area contributed by atoms with Gasteiger partial charge in [0.15, 0.2) is 0 Å². The molecule has 0 saturated heterocycles. The van der Waals surface area contributed by atoms with Crippen LogP contribution in [0.1, 0.15) is 32.3 Å². The summed E-state index contributed by atoms with van der Waals surface area (Å²) in [4.78, 5) is 12.0. The van der Waals surface area contributed by atoms with Gasteiger partial charge in [-0.05, 0) is 51.9 Å². The van der Waals surface area contributed by atoms with Gasteiger partial charge in [0.1, 0.15) is 0 Å². The Morgan fingerprint density at radius 2 is 1.95 bits per heavy atom. The monoisotopic (exact) mass is 313 g/mol. The molecule has 0 bridgehead atoms. The number of anilines is 1. The standard InChI is InChI=1S/C14H23N3O3S/c1-10-5-6-11(21(19,20)16-4)9-12(10)17-13(18)7-8-14(2,3)15/h5-6,9,16H,7-8,15H2,1-4H3,(H,17,18). The maximum atomic E-state index is 11.9. The first-order chi connectivity index (χ1) is 9.55. The highest BCUT2D eigenvalue weighted by Gasteiger charge is 2.16. The molecule has 0 aromatic heterocycles. The first kappa shape index (κ1) is 17.6. The predicted octanol–water partition coefficient (Wildman–Crippen LogP) is 1.36. The molecule has 0 fully saturated rings. The van der Waals surface area contributed by atoms with Crippen LogP contribution in [-0.4, -0.2) is 26.9 Å². The molecule has 1 rings (SSSR count). The number of aryl methyl sites for hydroxylation is 1. The van der Waals surface area contributed by atoms with Crippen molar-refractivity contribution in [2.45, 2.75) is 44.0 Å². The molecule has 1 aromatic carbocycles. The van der Waals surface area contributed by atoms with E-state index in [0.717, 1.165) is 5.56 Å². The highest BCUT2D eigenvalue weighted by atomic mass is 32.2. The van der Waals surface area contributed by atoms with Crippen LogP contribution in [-0.2, 0) is 14.8 Å². The average Bonchev–Trinajstić information content (AvgIpc) is 2.38. The van der Waals surface area contributed by atoms with Crippen molar-refractivity contribution < 1.29 is 13.2 Å². The van der Waals surface area contributed by atoms with E-state index in [1.54, 1.807) is 13.0 Å². The molecule has 7 heteroatoms. The van der Waals surface area contributed by atoms with Gasteiger partial charge in [-0.25, -0.2) is 13.1 Å². The molecule has 0 aliphatic heterocycles. The molecule has 0 radical (unpaired) electrons. The number of carbonyl (C=O) groups is 1. The Morgan fingerprint density at radius 1 is 1.33 bits per heavy atom. The van der Waals surface area contributed by atoms with Crippen molar-refractivity contribution in [2.75, 3.05) is 12.4 Å². The predicted molar refractivity (Wildman–Crippen MR) is 83.6 cm³/mol. The van der Waals surface area contributed by atoms with Crippen LogP contribution in [0.3, 0.4) is 0 Å². The summed E-state index contributed by atoms with van der Waals surface area (Å²) in [6.07, 6.45) is 0.832. The van der Waals surface area contributed by atoms with Gasteiger partial charge in [0.05, 0.1) is 4.90 Å². The lowest BCUT2D eigenvalue weighted by atomic mass is 10.00. The van der Waals surface area contributed by atoms with Crippen LogP contribution in [0.5, 0.6) is 0 Å². The minimum Gasteiger partial charge on any atom is -0.326 e. The topological polar surface area (TPSA) is 101 Å². The van der Waals surface area contributed by atoms with Gasteiger partial charge < -0.3 is 11.1 Å². The number of hydrogen-bond acceptors (Lipinski definition) is 4. The van der Waals surface area contributed by atoms with Crippen molar-refractivity contribution in [2.24, 2.45) is 5.73 Å². The van der Waals surface area contributed by atoms with Gasteiger partial charge in [-0.2, -0.15) is 0 Å². The van der Waals surface area contributed by atoms with Crippen molar-refractivity contribution in [1.29, 1.82) is 0 Å². The third-order valence-electron chi connectivity index (χ3n) is 3.06. The summed E-state index contributed by atoms with van der Waals surface area (Å²) in [5, 5.41) is 2.73. The molecule has 0 saturated carbocycles. The van der Waals surface area contributed by atoms with E-state index in [-0.39, 0.29) is 17.2 Å². The highest BCUT2D eigenvalue weighted by Crippen LogP contribution is 2.20. The number of nitrogens with one attached hydrogen (secondary N) is 2. The van der Waals surface area contributed by atoms with E-state index in [0.29, 0.717) is 12.1 Å². The average molecular weight is 313 g/mol. The summed E-state index contributed by atoms with van der Waals surface area (Å²) < 4.78 is 25.8. The van der Waals surface area contributed by atoms with Crippen LogP contribution in [0.4, 0.5) is 5.69 Å². The molecule has 0 spiro atoms. The lowest BCUT2D eigenvalue weighted by molar-refractivity contribution is -0.116. The molecule has 1 aromatic rings. The van der Waals surface area contributed by atoms with Gasteiger partial charge in [0.25, 0.3) is 0 Å². The number of hydrogen-bond donors (Lipinski definition) is 3. The van der Waals surface area contributed by atoms with E-state index in [9.17, 15) is 13.2 Å². The molecule has 4 N–H and O–H groups in total. The summed E-state index contributed by atoms with van der Waals surface area (Å²) >= 11 is 0. The second kappa shape index (κ2) is 6.55. The van der Waals surface area contributed by atoms with Crippen molar-refractivity contribution in [3.63, 3.8) is 0 Å². The van der Waals surface area contributed by atoms with Crippen LogP contribution in [0.2, 0.25) is 0 Å². The van der Waals surface area contributed by atoms with Crippen LogP contribution >= 0.6 is 0 Å². The fourth-order valence-corrected chi connectivity index (χ4v) is 2.43. The van der Waals surface area contributed by atoms with E-state index in [1.165, 1.54) is 19.2 Å². The summed E-state index contributed by atoms with van der Waals surface area (Å²) in [6, 6.07) is 4.61. The number of rotatable bonds is 6. The van der Waals surface area contributed by atoms with E-state index in [1.807, 2.05) is 13.8 Å². The first-order valence-corrected chi connectivity index (χ1v) is 8.16. The van der Waals surface area contributed by atoms with Crippen molar-refractivity contribution >= 4 is 21.6 Å². The zero-order valence-electron chi connectivity index (χ0n) is 12.9. The first-order valence-electron chi connectivity index (χ1n) is 6.68. The minimum atomic E-state index is -3.53. The van der Waals surface area contributed by atoms with E-state index in [2.05, 4.69) is 10.0 Å². The molecule has 0 atom stereocenters. The number of nitrogens with two attached hydrogens (primary N) is 1. The molecule has 0 aliphatic rings. The smallest absolute Gasteiger partial charge is 0.240 e. The third kappa shape index (κ3) is 5.45. The van der Waals surface area contributed by atoms with Crippen LogP contribution in [0, 0.1) is 6.92 Å². The maximum absolute atomic E-state index is 11.9. The van der Waals surface area contributed by atoms with E-state index < -0.39 is 15.6 Å². The lowest BCUT2D eigenvalue weighted by Gasteiger charge is -2.18. The normalized spacial score (nSPS) is 12.2. The fraction of sp³-hybridized carbons (Fsp3) is 0.500. The fourth-order valence-electron chi connectivity index (χ4n) is 1.67.